The van der Waals surface area contributed by atoms with Crippen molar-refractivity contribution in [2.24, 2.45) is 0 Å². The Balaban J connectivity index is 1.89. The molecule has 20 heavy (non-hydrogen) atoms. The highest BCUT2D eigenvalue weighted by atomic mass is 35.5. The Bertz CT molecular complexity index is 506. The smallest absolute Gasteiger partial charge is 0.334 e. The average molecular weight is 298 g/mol. The molecular weight excluding hydrogens is 282 g/mol. The minimum Gasteiger partial charge on any atom is -0.479 e. The Morgan fingerprint density at radius 1 is 1.40 bits per heavy atom. The first-order valence-electron chi connectivity index (χ1n) is 6.43. The molecule has 0 aliphatic carbocycles. The summed E-state index contributed by atoms with van der Waals surface area (Å²) in [6, 6.07) is 7.39. The van der Waals surface area contributed by atoms with Gasteiger partial charge in [0.15, 0.2) is 6.10 Å². The third-order valence-corrected chi connectivity index (χ3v) is 3.63. The van der Waals surface area contributed by atoms with E-state index in [1.165, 1.54) is 0 Å². The Kier molecular flexibility index (Phi) is 4.98. The molecule has 1 amide bonds. The van der Waals surface area contributed by atoms with Crippen molar-refractivity contribution in [3.8, 4) is 0 Å². The number of morpholine rings is 1. The van der Waals surface area contributed by atoms with Crippen LogP contribution in [-0.4, -0.2) is 47.7 Å². The van der Waals surface area contributed by atoms with Gasteiger partial charge in [-0.05, 0) is 18.1 Å². The zero-order chi connectivity index (χ0) is 14.5. The number of ether oxygens (including phenoxy) is 1. The van der Waals surface area contributed by atoms with E-state index >= 15 is 0 Å². The van der Waals surface area contributed by atoms with Gasteiger partial charge < -0.3 is 14.7 Å². The minimum atomic E-state index is -1.03. The normalized spacial score (nSPS) is 18.9. The first-order valence-corrected chi connectivity index (χ1v) is 6.81. The molecule has 1 heterocycles. The number of aryl methyl sites for hydroxylation is 1. The fourth-order valence-corrected chi connectivity index (χ4v) is 2.36. The molecule has 1 saturated heterocycles. The molecule has 1 atom stereocenters. The number of amides is 1. The fraction of sp³-hybridized carbons (Fsp3) is 0.429. The molecule has 2 rings (SSSR count). The Morgan fingerprint density at radius 2 is 2.15 bits per heavy atom. The van der Waals surface area contributed by atoms with Gasteiger partial charge in [-0.3, -0.25) is 4.79 Å². The molecule has 0 aromatic heterocycles. The van der Waals surface area contributed by atoms with Crippen LogP contribution >= 0.6 is 11.6 Å². The Labute approximate surface area is 122 Å². The first kappa shape index (κ1) is 14.8. The maximum absolute atomic E-state index is 12.1. The van der Waals surface area contributed by atoms with Gasteiger partial charge >= 0.3 is 5.97 Å². The highest BCUT2D eigenvalue weighted by Gasteiger charge is 2.28. The largest absolute Gasteiger partial charge is 0.479 e. The van der Waals surface area contributed by atoms with E-state index in [0.717, 1.165) is 5.56 Å². The number of halogens is 1. The van der Waals surface area contributed by atoms with E-state index in [4.69, 9.17) is 21.4 Å². The number of carbonyl (C=O) groups is 2. The predicted octanol–water partition coefficient (Wildman–Crippen LogP) is 1.58. The van der Waals surface area contributed by atoms with Crippen LogP contribution in [0.5, 0.6) is 0 Å². The van der Waals surface area contributed by atoms with Crippen molar-refractivity contribution in [2.45, 2.75) is 18.9 Å². The van der Waals surface area contributed by atoms with Crippen molar-refractivity contribution in [1.29, 1.82) is 0 Å². The zero-order valence-corrected chi connectivity index (χ0v) is 11.7. The predicted molar refractivity (Wildman–Crippen MR) is 73.7 cm³/mol. The van der Waals surface area contributed by atoms with Gasteiger partial charge in [0.2, 0.25) is 5.91 Å². The summed E-state index contributed by atoms with van der Waals surface area (Å²) in [7, 11) is 0. The molecule has 1 fully saturated rings. The summed E-state index contributed by atoms with van der Waals surface area (Å²) >= 11 is 6.04. The molecular formula is C14H16ClNO4. The van der Waals surface area contributed by atoms with Crippen molar-refractivity contribution in [3.63, 3.8) is 0 Å². The van der Waals surface area contributed by atoms with Gasteiger partial charge in [-0.15, -0.1) is 0 Å². The highest BCUT2D eigenvalue weighted by Crippen LogP contribution is 2.17. The monoisotopic (exact) mass is 297 g/mol. The number of hydrogen-bond acceptors (Lipinski definition) is 3. The number of benzene rings is 1. The topological polar surface area (TPSA) is 66.8 Å². The average Bonchev–Trinajstić information content (AvgIpc) is 2.46. The summed E-state index contributed by atoms with van der Waals surface area (Å²) in [5, 5.41) is 9.55. The third-order valence-electron chi connectivity index (χ3n) is 3.26. The number of carboxylic acids is 1. The first-order chi connectivity index (χ1) is 9.58. The molecule has 0 unspecified atom stereocenters. The lowest BCUT2D eigenvalue weighted by Crippen LogP contribution is -2.48. The SMILES string of the molecule is O=C(O)[C@@H]1CN(C(=O)CCc2ccccc2Cl)CCO1. The molecule has 108 valence electrons. The minimum absolute atomic E-state index is 0.0699. The van der Waals surface area contributed by atoms with Crippen molar-refractivity contribution in [1.82, 2.24) is 4.90 Å². The van der Waals surface area contributed by atoms with Crippen LogP contribution in [0.3, 0.4) is 0 Å². The van der Waals surface area contributed by atoms with Crippen molar-refractivity contribution >= 4 is 23.5 Å². The van der Waals surface area contributed by atoms with Crippen molar-refractivity contribution < 1.29 is 19.4 Å². The van der Waals surface area contributed by atoms with Crippen molar-refractivity contribution in [2.75, 3.05) is 19.7 Å². The van der Waals surface area contributed by atoms with Crippen LogP contribution in [0.2, 0.25) is 5.02 Å². The van der Waals surface area contributed by atoms with E-state index in [1.54, 1.807) is 11.0 Å². The van der Waals surface area contributed by atoms with Gasteiger partial charge in [0.05, 0.1) is 13.2 Å². The maximum Gasteiger partial charge on any atom is 0.334 e. The zero-order valence-electron chi connectivity index (χ0n) is 10.9. The summed E-state index contributed by atoms with van der Waals surface area (Å²) in [5.74, 6) is -1.10. The van der Waals surface area contributed by atoms with Gasteiger partial charge in [0.25, 0.3) is 0 Å². The van der Waals surface area contributed by atoms with Crippen LogP contribution in [0, 0.1) is 0 Å². The van der Waals surface area contributed by atoms with E-state index in [2.05, 4.69) is 0 Å². The Morgan fingerprint density at radius 3 is 2.85 bits per heavy atom. The van der Waals surface area contributed by atoms with Gasteiger partial charge in [0.1, 0.15) is 0 Å². The number of hydrogen-bond donors (Lipinski definition) is 1. The molecule has 6 heteroatoms. The number of rotatable bonds is 4. The molecule has 1 N–H and O–H groups in total. The van der Waals surface area contributed by atoms with Gasteiger partial charge in [-0.2, -0.15) is 0 Å². The number of nitrogens with zero attached hydrogens (tertiary/aromatic N) is 1. The standard InChI is InChI=1S/C14H16ClNO4/c15-11-4-2-1-3-10(11)5-6-13(17)16-7-8-20-12(9-16)14(18)19/h1-4,12H,5-9H2,(H,18,19)/t12-/m0/s1. The lowest BCUT2D eigenvalue weighted by molar-refractivity contribution is -0.159. The van der Waals surface area contributed by atoms with Crippen molar-refractivity contribution in [3.05, 3.63) is 34.9 Å². The van der Waals surface area contributed by atoms with Gasteiger partial charge in [-0.25, -0.2) is 4.79 Å². The van der Waals surface area contributed by atoms with E-state index in [0.29, 0.717) is 24.4 Å². The van der Waals surface area contributed by atoms with E-state index in [9.17, 15) is 9.59 Å². The molecule has 5 nitrogen and oxygen atoms in total. The van der Waals surface area contributed by atoms with E-state index in [1.807, 2.05) is 18.2 Å². The molecule has 0 bridgehead atoms. The van der Waals surface area contributed by atoms with Crippen LogP contribution in [0.25, 0.3) is 0 Å². The van der Waals surface area contributed by atoms with Gasteiger partial charge in [-0.1, -0.05) is 29.8 Å². The van der Waals surface area contributed by atoms with Crippen LogP contribution in [0.4, 0.5) is 0 Å². The molecule has 1 aromatic rings. The van der Waals surface area contributed by atoms with Crippen LogP contribution < -0.4 is 0 Å². The summed E-state index contributed by atoms with van der Waals surface area (Å²) in [4.78, 5) is 24.5. The summed E-state index contributed by atoms with van der Waals surface area (Å²) in [6.45, 7) is 0.802. The van der Waals surface area contributed by atoms with Gasteiger partial charge in [0, 0.05) is 18.0 Å². The number of aliphatic carboxylic acids is 1. The van der Waals surface area contributed by atoms with Crippen LogP contribution in [0.15, 0.2) is 24.3 Å². The fourth-order valence-electron chi connectivity index (χ4n) is 2.13. The maximum atomic E-state index is 12.1. The number of carbonyl (C=O) groups excluding carboxylic acids is 1. The molecule has 1 aromatic carbocycles. The van der Waals surface area contributed by atoms with E-state index < -0.39 is 12.1 Å². The second kappa shape index (κ2) is 6.72. The molecule has 0 spiro atoms. The molecule has 0 saturated carbocycles. The summed E-state index contributed by atoms with van der Waals surface area (Å²) in [5.41, 5.74) is 0.922. The quantitative estimate of drug-likeness (QED) is 0.916. The molecule has 1 aliphatic heterocycles. The third kappa shape index (κ3) is 3.71. The van der Waals surface area contributed by atoms with E-state index in [-0.39, 0.29) is 19.1 Å². The number of carboxylic acid groups (broad SMARTS) is 1. The van der Waals surface area contributed by atoms with Crippen LogP contribution in [-0.2, 0) is 20.7 Å². The summed E-state index contributed by atoms with van der Waals surface area (Å²) in [6.07, 6.45) is -0.0584. The lowest BCUT2D eigenvalue weighted by Gasteiger charge is -2.31. The second-order valence-corrected chi connectivity index (χ2v) is 5.04. The second-order valence-electron chi connectivity index (χ2n) is 4.63. The highest BCUT2D eigenvalue weighted by molar-refractivity contribution is 6.31. The Hall–Kier alpha value is -1.59. The summed E-state index contributed by atoms with van der Waals surface area (Å²) < 4.78 is 5.09. The molecule has 0 radical (unpaired) electrons. The lowest BCUT2D eigenvalue weighted by atomic mass is 10.1. The van der Waals surface area contributed by atoms with Crippen LogP contribution in [0.1, 0.15) is 12.0 Å². The molecule has 1 aliphatic rings.